The van der Waals surface area contributed by atoms with Crippen molar-refractivity contribution in [3.05, 3.63) is 65.7 Å². The van der Waals surface area contributed by atoms with Gasteiger partial charge in [0.15, 0.2) is 0 Å². The van der Waals surface area contributed by atoms with Gasteiger partial charge in [-0.3, -0.25) is 10.1 Å². The van der Waals surface area contributed by atoms with Crippen LogP contribution >= 0.6 is 0 Å². The molecule has 0 aromatic heterocycles. The minimum Gasteiger partial charge on any atom is -0.489 e. The number of carbonyl (C=O) groups excluding carboxylic acids is 1. The third kappa shape index (κ3) is 5.39. The van der Waals surface area contributed by atoms with Crippen LogP contribution in [-0.2, 0) is 17.9 Å². The Morgan fingerprint density at radius 3 is 2.35 bits per heavy atom. The van der Waals surface area contributed by atoms with Crippen molar-refractivity contribution in [2.24, 2.45) is 0 Å². The third-order valence-corrected chi connectivity index (χ3v) is 3.47. The summed E-state index contributed by atoms with van der Waals surface area (Å²) < 4.78 is 5.69. The van der Waals surface area contributed by atoms with Gasteiger partial charge in [-0.1, -0.05) is 42.5 Å². The number of hydrogen-bond acceptors (Lipinski definition) is 4. The summed E-state index contributed by atoms with van der Waals surface area (Å²) in [5.74, 6) is 0.620. The summed E-state index contributed by atoms with van der Waals surface area (Å²) >= 11 is 0. The topological polar surface area (TPSA) is 70.6 Å². The van der Waals surface area contributed by atoms with E-state index in [9.17, 15) is 9.90 Å². The molecular formula is C18H22N2O3. The Bertz CT molecular complexity index is 599. The Morgan fingerprint density at radius 2 is 1.74 bits per heavy atom. The summed E-state index contributed by atoms with van der Waals surface area (Å²) in [6.45, 7) is 0.788. The van der Waals surface area contributed by atoms with Gasteiger partial charge in [-0.2, -0.15) is 0 Å². The number of likely N-dealkylation sites (N-methyl/N-ethyl adjacent to an activating group) is 1. The van der Waals surface area contributed by atoms with E-state index in [1.54, 1.807) is 7.05 Å². The Kier molecular flexibility index (Phi) is 6.59. The maximum absolute atomic E-state index is 11.5. The lowest BCUT2D eigenvalue weighted by Gasteiger charge is -2.14. The number of benzene rings is 2. The second-order valence-electron chi connectivity index (χ2n) is 5.15. The highest BCUT2D eigenvalue weighted by molar-refractivity contribution is 5.81. The van der Waals surface area contributed by atoms with Crippen molar-refractivity contribution in [3.63, 3.8) is 0 Å². The molecule has 0 saturated heterocycles. The molecule has 0 aliphatic heterocycles. The number of amides is 1. The molecule has 0 heterocycles. The fraction of sp³-hybridized carbons (Fsp3) is 0.278. The Labute approximate surface area is 136 Å². The highest BCUT2D eigenvalue weighted by Gasteiger charge is 2.14. The largest absolute Gasteiger partial charge is 0.489 e. The van der Waals surface area contributed by atoms with E-state index >= 15 is 0 Å². The number of rotatable bonds is 8. The van der Waals surface area contributed by atoms with Gasteiger partial charge in [-0.05, 0) is 23.3 Å². The van der Waals surface area contributed by atoms with E-state index < -0.39 is 6.04 Å². The average molecular weight is 314 g/mol. The first-order chi connectivity index (χ1) is 11.2. The summed E-state index contributed by atoms with van der Waals surface area (Å²) in [5, 5.41) is 14.7. The molecule has 1 unspecified atom stereocenters. The third-order valence-electron chi connectivity index (χ3n) is 3.47. The van der Waals surface area contributed by atoms with Gasteiger partial charge in [-0.15, -0.1) is 0 Å². The van der Waals surface area contributed by atoms with Crippen LogP contribution in [0, 0.1) is 0 Å². The molecule has 0 bridgehead atoms. The van der Waals surface area contributed by atoms with Crippen LogP contribution in [0.15, 0.2) is 54.6 Å². The van der Waals surface area contributed by atoms with Crippen LogP contribution in [0.4, 0.5) is 0 Å². The molecule has 2 rings (SSSR count). The van der Waals surface area contributed by atoms with Gasteiger partial charge in [0, 0.05) is 13.6 Å². The Hall–Kier alpha value is -2.37. The van der Waals surface area contributed by atoms with E-state index in [1.165, 1.54) is 0 Å². The van der Waals surface area contributed by atoms with Crippen molar-refractivity contribution in [2.45, 2.75) is 19.2 Å². The van der Waals surface area contributed by atoms with Gasteiger partial charge in [-0.25, -0.2) is 0 Å². The number of para-hydroxylation sites is 1. The highest BCUT2D eigenvalue weighted by Crippen LogP contribution is 2.12. The van der Waals surface area contributed by atoms with Crippen LogP contribution in [0.2, 0.25) is 0 Å². The first kappa shape index (κ1) is 17.0. The summed E-state index contributed by atoms with van der Waals surface area (Å²) in [5.41, 5.74) is 2.11. The molecular weight excluding hydrogens is 292 g/mol. The van der Waals surface area contributed by atoms with Crippen molar-refractivity contribution in [1.82, 2.24) is 10.6 Å². The minimum atomic E-state index is -0.596. The van der Waals surface area contributed by atoms with Gasteiger partial charge in [0.1, 0.15) is 18.4 Å². The zero-order chi connectivity index (χ0) is 16.5. The molecule has 2 aromatic rings. The van der Waals surface area contributed by atoms with Crippen LogP contribution in [0.1, 0.15) is 11.1 Å². The van der Waals surface area contributed by atoms with E-state index in [4.69, 9.17) is 4.74 Å². The van der Waals surface area contributed by atoms with E-state index in [2.05, 4.69) is 10.6 Å². The second-order valence-corrected chi connectivity index (χ2v) is 5.15. The SMILES string of the molecule is CNC(=O)C(CO)NCc1ccc(COc2ccccc2)cc1. The minimum absolute atomic E-state index is 0.222. The zero-order valence-corrected chi connectivity index (χ0v) is 13.2. The standard InChI is InChI=1S/C18H22N2O3/c1-19-18(22)17(12-21)20-11-14-7-9-15(10-8-14)13-23-16-5-3-2-4-6-16/h2-10,17,20-21H,11-13H2,1H3,(H,19,22). The molecule has 2 aromatic carbocycles. The van der Waals surface area contributed by atoms with Crippen LogP contribution in [-0.4, -0.2) is 30.7 Å². The number of carbonyl (C=O) groups is 1. The van der Waals surface area contributed by atoms with Gasteiger partial charge < -0.3 is 15.2 Å². The van der Waals surface area contributed by atoms with Gasteiger partial charge in [0.2, 0.25) is 5.91 Å². The van der Waals surface area contributed by atoms with Crippen molar-refractivity contribution < 1.29 is 14.6 Å². The predicted octanol–water partition coefficient (Wildman–Crippen LogP) is 1.46. The summed E-state index contributed by atoms with van der Waals surface area (Å²) in [6.07, 6.45) is 0. The lowest BCUT2D eigenvalue weighted by atomic mass is 10.1. The van der Waals surface area contributed by atoms with Gasteiger partial charge in [0.05, 0.1) is 6.61 Å². The molecule has 1 atom stereocenters. The fourth-order valence-corrected chi connectivity index (χ4v) is 2.09. The predicted molar refractivity (Wildman–Crippen MR) is 89.0 cm³/mol. The van der Waals surface area contributed by atoms with Crippen LogP contribution < -0.4 is 15.4 Å². The Balaban J connectivity index is 1.83. The smallest absolute Gasteiger partial charge is 0.239 e. The molecule has 122 valence electrons. The molecule has 5 nitrogen and oxygen atoms in total. The number of aliphatic hydroxyl groups is 1. The maximum atomic E-state index is 11.5. The van der Waals surface area contributed by atoms with Crippen molar-refractivity contribution >= 4 is 5.91 Å². The van der Waals surface area contributed by atoms with Crippen LogP contribution in [0.25, 0.3) is 0 Å². The molecule has 5 heteroatoms. The summed E-state index contributed by atoms with van der Waals surface area (Å²) in [4.78, 5) is 11.5. The number of nitrogens with one attached hydrogen (secondary N) is 2. The second kappa shape index (κ2) is 8.92. The monoisotopic (exact) mass is 314 g/mol. The highest BCUT2D eigenvalue weighted by atomic mass is 16.5. The molecule has 1 amide bonds. The van der Waals surface area contributed by atoms with Crippen molar-refractivity contribution in [3.8, 4) is 5.75 Å². The first-order valence-electron chi connectivity index (χ1n) is 7.54. The molecule has 23 heavy (non-hydrogen) atoms. The quantitative estimate of drug-likeness (QED) is 0.690. The fourth-order valence-electron chi connectivity index (χ4n) is 2.09. The lowest BCUT2D eigenvalue weighted by Crippen LogP contribution is -2.44. The molecule has 0 saturated carbocycles. The molecule has 0 fully saturated rings. The van der Waals surface area contributed by atoms with Crippen molar-refractivity contribution in [2.75, 3.05) is 13.7 Å². The molecule has 0 radical (unpaired) electrons. The molecule has 0 aliphatic carbocycles. The van der Waals surface area contributed by atoms with Gasteiger partial charge >= 0.3 is 0 Å². The normalized spacial score (nSPS) is 11.7. The average Bonchev–Trinajstić information content (AvgIpc) is 2.62. The first-order valence-corrected chi connectivity index (χ1v) is 7.54. The van der Waals surface area contributed by atoms with E-state index in [1.807, 2.05) is 54.6 Å². The van der Waals surface area contributed by atoms with E-state index in [0.29, 0.717) is 13.2 Å². The molecule has 3 N–H and O–H groups in total. The number of ether oxygens (including phenoxy) is 1. The number of aliphatic hydroxyl groups excluding tert-OH is 1. The van der Waals surface area contributed by atoms with E-state index in [0.717, 1.165) is 16.9 Å². The molecule has 0 aliphatic rings. The van der Waals surface area contributed by atoms with Crippen LogP contribution in [0.3, 0.4) is 0 Å². The van der Waals surface area contributed by atoms with Gasteiger partial charge in [0.25, 0.3) is 0 Å². The molecule has 0 spiro atoms. The maximum Gasteiger partial charge on any atom is 0.239 e. The number of hydrogen-bond donors (Lipinski definition) is 3. The zero-order valence-electron chi connectivity index (χ0n) is 13.2. The van der Waals surface area contributed by atoms with Crippen molar-refractivity contribution in [1.29, 1.82) is 0 Å². The van der Waals surface area contributed by atoms with Crippen LogP contribution in [0.5, 0.6) is 5.75 Å². The summed E-state index contributed by atoms with van der Waals surface area (Å²) in [6, 6.07) is 17.0. The van der Waals surface area contributed by atoms with E-state index in [-0.39, 0.29) is 12.5 Å². The Morgan fingerprint density at radius 1 is 1.09 bits per heavy atom. The lowest BCUT2D eigenvalue weighted by molar-refractivity contribution is -0.123. The summed E-state index contributed by atoms with van der Waals surface area (Å²) in [7, 11) is 1.55.